The van der Waals surface area contributed by atoms with Crippen LogP contribution in [-0.2, 0) is 4.79 Å². The summed E-state index contributed by atoms with van der Waals surface area (Å²) in [5.74, 6) is 0.144. The Kier molecular flexibility index (Phi) is 3.33. The molecule has 2 N–H and O–H groups in total. The lowest BCUT2D eigenvalue weighted by Gasteiger charge is -2.23. The summed E-state index contributed by atoms with van der Waals surface area (Å²) < 4.78 is 4.95. The van der Waals surface area contributed by atoms with E-state index in [1.165, 1.54) is 4.90 Å². The second-order valence-corrected chi connectivity index (χ2v) is 4.35. The lowest BCUT2D eigenvalue weighted by atomic mass is 10.2. The highest BCUT2D eigenvalue weighted by Gasteiger charge is 2.36. The van der Waals surface area contributed by atoms with Gasteiger partial charge in [0.25, 0.3) is 5.91 Å². The van der Waals surface area contributed by atoms with Crippen molar-refractivity contribution in [1.82, 2.24) is 15.4 Å². The Labute approximate surface area is 104 Å². The number of carbonyl (C=O) groups excluding carboxylic acids is 2. The van der Waals surface area contributed by atoms with E-state index in [0.717, 1.165) is 0 Å². The Morgan fingerprint density at radius 1 is 1.61 bits per heavy atom. The number of aromatic nitrogens is 1. The van der Waals surface area contributed by atoms with E-state index >= 15 is 0 Å². The van der Waals surface area contributed by atoms with Crippen LogP contribution in [0.3, 0.4) is 0 Å². The molecule has 98 valence electrons. The van der Waals surface area contributed by atoms with Crippen LogP contribution in [-0.4, -0.2) is 46.3 Å². The number of aryl methyl sites for hydroxylation is 2. The fourth-order valence-corrected chi connectivity index (χ4v) is 2.21. The molecule has 2 amide bonds. The minimum absolute atomic E-state index is 0.189. The second kappa shape index (κ2) is 4.77. The van der Waals surface area contributed by atoms with Crippen LogP contribution in [0.2, 0.25) is 0 Å². The molecule has 18 heavy (non-hydrogen) atoms. The van der Waals surface area contributed by atoms with Gasteiger partial charge in [-0.1, -0.05) is 5.16 Å². The number of β-amino-alcohol motifs (C(OH)–C–C–N with tert-alkyl or cyclic N) is 1. The first-order chi connectivity index (χ1) is 8.54. The fourth-order valence-electron chi connectivity index (χ4n) is 2.21. The predicted octanol–water partition coefficient (Wildman–Crippen LogP) is -0.430. The molecule has 1 aromatic heterocycles. The molecule has 2 atom stereocenters. The highest BCUT2D eigenvalue weighted by Crippen LogP contribution is 2.22. The molecule has 0 bridgehead atoms. The second-order valence-electron chi connectivity index (χ2n) is 4.35. The largest absolute Gasteiger partial charge is 0.391 e. The van der Waals surface area contributed by atoms with Crippen LogP contribution in [0.15, 0.2) is 4.52 Å². The van der Waals surface area contributed by atoms with E-state index in [9.17, 15) is 14.7 Å². The maximum atomic E-state index is 12.3. The maximum absolute atomic E-state index is 12.3. The molecule has 1 aliphatic rings. The van der Waals surface area contributed by atoms with Crippen molar-refractivity contribution in [2.45, 2.75) is 32.5 Å². The van der Waals surface area contributed by atoms with Crippen molar-refractivity contribution in [2.75, 3.05) is 6.54 Å². The molecule has 0 aromatic carbocycles. The molecule has 1 aromatic rings. The number of rotatable bonds is 3. The highest BCUT2D eigenvalue weighted by atomic mass is 16.5. The van der Waals surface area contributed by atoms with Gasteiger partial charge in [0.15, 0.2) is 0 Å². The molecular weight excluding hydrogens is 238 g/mol. The van der Waals surface area contributed by atoms with E-state index in [-0.39, 0.29) is 12.5 Å². The van der Waals surface area contributed by atoms with Crippen molar-refractivity contribution in [3.8, 4) is 0 Å². The van der Waals surface area contributed by atoms with Crippen LogP contribution in [0.1, 0.15) is 28.2 Å². The molecule has 1 fully saturated rings. The zero-order chi connectivity index (χ0) is 13.3. The Bertz CT molecular complexity index is 451. The van der Waals surface area contributed by atoms with Crippen LogP contribution in [0.4, 0.5) is 0 Å². The summed E-state index contributed by atoms with van der Waals surface area (Å²) in [6.07, 6.45) is -0.268. The molecule has 7 heteroatoms. The Balaban J connectivity index is 2.25. The van der Waals surface area contributed by atoms with Crippen molar-refractivity contribution < 1.29 is 19.2 Å². The van der Waals surface area contributed by atoms with Gasteiger partial charge in [0.1, 0.15) is 17.5 Å². The number of hydrogen-bond donors (Lipinski definition) is 2. The van der Waals surface area contributed by atoms with Crippen LogP contribution < -0.4 is 5.32 Å². The third-order valence-corrected chi connectivity index (χ3v) is 3.05. The molecule has 2 heterocycles. The number of aliphatic hydroxyl groups excluding tert-OH is 1. The molecule has 0 spiro atoms. The quantitative estimate of drug-likeness (QED) is 0.713. The standard InChI is InChI=1S/C11H15N3O4/c1-6-10(7(2)18-13-6)11(17)14-4-8(16)3-9(14)12-5-15/h5,8-9,16H,3-4H2,1-2H3,(H,12,15). The van der Waals surface area contributed by atoms with E-state index in [0.29, 0.717) is 29.8 Å². The number of nitrogens with one attached hydrogen (secondary N) is 1. The smallest absolute Gasteiger partial charge is 0.261 e. The highest BCUT2D eigenvalue weighted by molar-refractivity contribution is 5.96. The van der Waals surface area contributed by atoms with Gasteiger partial charge >= 0.3 is 0 Å². The minimum atomic E-state index is -0.633. The van der Waals surface area contributed by atoms with Gasteiger partial charge in [-0.3, -0.25) is 9.59 Å². The average Bonchev–Trinajstić information content (AvgIpc) is 2.83. The SMILES string of the molecule is Cc1noc(C)c1C(=O)N1CC(O)CC1NC=O. The monoisotopic (exact) mass is 253 g/mol. The maximum Gasteiger partial charge on any atom is 0.261 e. The molecule has 2 rings (SSSR count). The summed E-state index contributed by atoms with van der Waals surface area (Å²) in [5.41, 5.74) is 0.894. The molecule has 7 nitrogen and oxygen atoms in total. The van der Waals surface area contributed by atoms with Crippen LogP contribution in [0.25, 0.3) is 0 Å². The summed E-state index contributed by atoms with van der Waals surface area (Å²) in [6, 6.07) is 0. The fraction of sp³-hybridized carbons (Fsp3) is 0.545. The van der Waals surface area contributed by atoms with Gasteiger partial charge in [-0.05, 0) is 13.8 Å². The molecular formula is C11H15N3O4. The topological polar surface area (TPSA) is 95.7 Å². The number of carbonyl (C=O) groups is 2. The molecule has 0 aliphatic carbocycles. The van der Waals surface area contributed by atoms with Crippen molar-refractivity contribution >= 4 is 12.3 Å². The van der Waals surface area contributed by atoms with E-state index in [4.69, 9.17) is 4.52 Å². The van der Waals surface area contributed by atoms with E-state index < -0.39 is 12.3 Å². The van der Waals surface area contributed by atoms with Gasteiger partial charge in [-0.15, -0.1) is 0 Å². The van der Waals surface area contributed by atoms with Crippen molar-refractivity contribution in [3.05, 3.63) is 17.0 Å². The van der Waals surface area contributed by atoms with Gasteiger partial charge in [0.2, 0.25) is 6.41 Å². The van der Waals surface area contributed by atoms with Gasteiger partial charge in [0.05, 0.1) is 11.8 Å². The van der Waals surface area contributed by atoms with E-state index in [2.05, 4.69) is 10.5 Å². The minimum Gasteiger partial charge on any atom is -0.391 e. The summed E-state index contributed by atoms with van der Waals surface area (Å²) in [6.45, 7) is 3.52. The number of aliphatic hydroxyl groups is 1. The molecule has 1 aliphatic heterocycles. The average molecular weight is 253 g/mol. The zero-order valence-corrected chi connectivity index (χ0v) is 10.2. The molecule has 0 saturated carbocycles. The van der Waals surface area contributed by atoms with Crippen molar-refractivity contribution in [2.24, 2.45) is 0 Å². The summed E-state index contributed by atoms with van der Waals surface area (Å²) in [5, 5.41) is 15.8. The van der Waals surface area contributed by atoms with Gasteiger partial charge in [-0.25, -0.2) is 0 Å². The number of nitrogens with zero attached hydrogens (tertiary/aromatic N) is 2. The Morgan fingerprint density at radius 3 is 2.89 bits per heavy atom. The number of amides is 2. The molecule has 1 saturated heterocycles. The van der Waals surface area contributed by atoms with Crippen LogP contribution in [0, 0.1) is 13.8 Å². The Hall–Kier alpha value is -1.89. The number of likely N-dealkylation sites (tertiary alicyclic amines) is 1. The summed E-state index contributed by atoms with van der Waals surface area (Å²) in [4.78, 5) is 24.3. The van der Waals surface area contributed by atoms with Gasteiger partial charge < -0.3 is 19.8 Å². The normalized spacial score (nSPS) is 23.2. The molecule has 2 unspecified atom stereocenters. The first-order valence-corrected chi connectivity index (χ1v) is 5.66. The third kappa shape index (κ3) is 2.08. The van der Waals surface area contributed by atoms with Crippen molar-refractivity contribution in [3.63, 3.8) is 0 Å². The predicted molar refractivity (Wildman–Crippen MR) is 60.6 cm³/mol. The van der Waals surface area contributed by atoms with Crippen LogP contribution >= 0.6 is 0 Å². The van der Waals surface area contributed by atoms with E-state index in [1.54, 1.807) is 13.8 Å². The first kappa shape index (κ1) is 12.6. The van der Waals surface area contributed by atoms with Gasteiger partial charge in [-0.2, -0.15) is 0 Å². The first-order valence-electron chi connectivity index (χ1n) is 5.66. The lowest BCUT2D eigenvalue weighted by Crippen LogP contribution is -2.44. The van der Waals surface area contributed by atoms with Crippen molar-refractivity contribution in [1.29, 1.82) is 0 Å². The number of hydrogen-bond acceptors (Lipinski definition) is 5. The Morgan fingerprint density at radius 2 is 2.33 bits per heavy atom. The summed E-state index contributed by atoms with van der Waals surface area (Å²) >= 11 is 0. The zero-order valence-electron chi connectivity index (χ0n) is 10.2. The lowest BCUT2D eigenvalue weighted by molar-refractivity contribution is -0.110. The third-order valence-electron chi connectivity index (χ3n) is 3.05. The van der Waals surface area contributed by atoms with E-state index in [1.807, 2.05) is 0 Å². The summed E-state index contributed by atoms with van der Waals surface area (Å²) in [7, 11) is 0. The van der Waals surface area contributed by atoms with Crippen LogP contribution in [0.5, 0.6) is 0 Å². The molecule has 0 radical (unpaired) electrons. The van der Waals surface area contributed by atoms with Gasteiger partial charge in [0, 0.05) is 13.0 Å².